The predicted octanol–water partition coefficient (Wildman–Crippen LogP) is 4.29. The van der Waals surface area contributed by atoms with E-state index in [2.05, 4.69) is 27.8 Å². The number of aromatic nitrogens is 1. The number of nitrogens with zero attached hydrogens (tertiary/aromatic N) is 2. The summed E-state index contributed by atoms with van der Waals surface area (Å²) in [7, 11) is 0. The third-order valence-corrected chi connectivity index (χ3v) is 5.51. The Morgan fingerprint density at radius 2 is 1.86 bits per heavy atom. The summed E-state index contributed by atoms with van der Waals surface area (Å²) in [6.45, 7) is 4.09. The van der Waals surface area contributed by atoms with Gasteiger partial charge >= 0.3 is 0 Å². The van der Waals surface area contributed by atoms with Gasteiger partial charge in [0.25, 0.3) is 11.8 Å². The predicted molar refractivity (Wildman–Crippen MR) is 112 cm³/mol. The largest absolute Gasteiger partial charge is 0.360 e. The van der Waals surface area contributed by atoms with Crippen LogP contribution in [0, 0.1) is 25.2 Å². The van der Waals surface area contributed by atoms with Gasteiger partial charge in [-0.1, -0.05) is 23.8 Å². The molecule has 0 saturated heterocycles. The Bertz CT molecular complexity index is 1230. The van der Waals surface area contributed by atoms with E-state index in [4.69, 9.17) is 0 Å². The number of fused-ring (bicyclic) bond motifs is 1. The Labute approximate surface area is 171 Å². The van der Waals surface area contributed by atoms with Crippen molar-refractivity contribution in [1.82, 2.24) is 10.3 Å². The summed E-state index contributed by atoms with van der Waals surface area (Å²) >= 11 is 1.40. The molecule has 0 bridgehead atoms. The third-order valence-electron chi connectivity index (χ3n) is 4.63. The number of nitrogens with one attached hydrogen (secondary N) is 2. The fourth-order valence-corrected chi connectivity index (χ4v) is 3.96. The van der Waals surface area contributed by atoms with Gasteiger partial charge in [-0.15, -0.1) is 11.3 Å². The first-order chi connectivity index (χ1) is 14.0. The fourth-order valence-electron chi connectivity index (χ4n) is 3.18. The van der Waals surface area contributed by atoms with E-state index >= 15 is 0 Å². The molecule has 3 aromatic rings. The molecule has 0 fully saturated rings. The highest BCUT2D eigenvalue weighted by Gasteiger charge is 2.26. The number of rotatable bonds is 4. The van der Waals surface area contributed by atoms with Crippen LogP contribution in [-0.2, 0) is 0 Å². The van der Waals surface area contributed by atoms with Crippen molar-refractivity contribution >= 4 is 34.4 Å². The summed E-state index contributed by atoms with van der Waals surface area (Å²) < 4.78 is 0. The minimum absolute atomic E-state index is 0.318. The van der Waals surface area contributed by atoms with Crippen LogP contribution in [0.15, 0.2) is 48.0 Å². The van der Waals surface area contributed by atoms with E-state index in [9.17, 15) is 14.9 Å². The first-order valence-electron chi connectivity index (χ1n) is 8.86. The third kappa shape index (κ3) is 3.53. The zero-order valence-corrected chi connectivity index (χ0v) is 16.6. The van der Waals surface area contributed by atoms with Crippen LogP contribution in [0.2, 0.25) is 0 Å². The van der Waals surface area contributed by atoms with Crippen molar-refractivity contribution in [3.05, 3.63) is 75.2 Å². The number of thiazole rings is 1. The average Bonchev–Trinajstić information content (AvgIpc) is 3.28. The van der Waals surface area contributed by atoms with E-state index in [0.717, 1.165) is 16.8 Å². The SMILES string of the molecule is Cc1ccc(-c2csc(C(C#N)=CNc3ccc4c(c3)C(=O)NC4=O)n2)c(C)c1. The van der Waals surface area contributed by atoms with Crippen LogP contribution in [0.25, 0.3) is 16.8 Å². The highest BCUT2D eigenvalue weighted by molar-refractivity contribution is 7.11. The molecule has 0 spiro atoms. The van der Waals surface area contributed by atoms with Crippen molar-refractivity contribution in [3.63, 3.8) is 0 Å². The molecule has 4 rings (SSSR count). The number of nitriles is 1. The molecular weight excluding hydrogens is 384 g/mol. The van der Waals surface area contributed by atoms with Gasteiger partial charge in [0.05, 0.1) is 16.8 Å². The van der Waals surface area contributed by atoms with Crippen LogP contribution >= 0.6 is 11.3 Å². The van der Waals surface area contributed by atoms with Crippen molar-refractivity contribution in [2.45, 2.75) is 13.8 Å². The minimum Gasteiger partial charge on any atom is -0.360 e. The maximum Gasteiger partial charge on any atom is 0.259 e. The number of allylic oxidation sites excluding steroid dienone is 1. The molecule has 2 N–H and O–H groups in total. The van der Waals surface area contributed by atoms with Crippen LogP contribution in [0.5, 0.6) is 0 Å². The maximum absolute atomic E-state index is 11.8. The number of imide groups is 1. The van der Waals surface area contributed by atoms with E-state index in [1.165, 1.54) is 16.9 Å². The number of hydrogen-bond acceptors (Lipinski definition) is 6. The molecule has 0 aliphatic carbocycles. The van der Waals surface area contributed by atoms with Crippen LogP contribution < -0.4 is 10.6 Å². The highest BCUT2D eigenvalue weighted by Crippen LogP contribution is 2.29. The van der Waals surface area contributed by atoms with Crippen molar-refractivity contribution in [1.29, 1.82) is 5.26 Å². The van der Waals surface area contributed by atoms with Gasteiger partial charge in [-0.3, -0.25) is 14.9 Å². The standard InChI is InChI=1S/C22H16N4O2S/c1-12-3-5-16(13(2)7-12)19-11-29-22(25-19)14(9-23)10-24-15-4-6-17-18(8-15)21(28)26-20(17)27/h3-8,10-11,24H,1-2H3,(H,26,27,28). The number of carbonyl (C=O) groups excluding carboxylic acids is 2. The Hall–Kier alpha value is -3.76. The van der Waals surface area contributed by atoms with E-state index in [1.807, 2.05) is 31.4 Å². The number of anilines is 1. The molecule has 0 unspecified atom stereocenters. The summed E-state index contributed by atoms with van der Waals surface area (Å²) in [5.74, 6) is -0.817. The molecule has 1 aliphatic rings. The van der Waals surface area contributed by atoms with Gasteiger partial charge in [-0.05, 0) is 37.6 Å². The maximum atomic E-state index is 11.8. The van der Waals surface area contributed by atoms with Gasteiger partial charge in [0, 0.05) is 22.8 Å². The van der Waals surface area contributed by atoms with E-state index in [0.29, 0.717) is 27.4 Å². The van der Waals surface area contributed by atoms with Crippen molar-refractivity contribution in [2.75, 3.05) is 5.32 Å². The summed E-state index contributed by atoms with van der Waals surface area (Å²) in [5.41, 5.74) is 5.84. The van der Waals surface area contributed by atoms with Crippen molar-refractivity contribution in [2.24, 2.45) is 0 Å². The molecule has 7 heteroatoms. The molecule has 142 valence electrons. The van der Waals surface area contributed by atoms with Crippen LogP contribution in [0.1, 0.15) is 36.9 Å². The number of benzene rings is 2. The number of carbonyl (C=O) groups is 2. The Balaban J connectivity index is 1.59. The molecule has 2 aromatic carbocycles. The molecule has 1 aromatic heterocycles. The van der Waals surface area contributed by atoms with Gasteiger partial charge in [0.1, 0.15) is 16.6 Å². The Morgan fingerprint density at radius 3 is 2.62 bits per heavy atom. The highest BCUT2D eigenvalue weighted by atomic mass is 32.1. The lowest BCUT2D eigenvalue weighted by Crippen LogP contribution is -2.19. The first kappa shape index (κ1) is 18.6. The van der Waals surface area contributed by atoms with Gasteiger partial charge < -0.3 is 5.32 Å². The van der Waals surface area contributed by atoms with Gasteiger partial charge in [0.15, 0.2) is 0 Å². The molecule has 2 amide bonds. The molecule has 2 heterocycles. The van der Waals surface area contributed by atoms with E-state index in [1.54, 1.807) is 24.4 Å². The second kappa shape index (κ2) is 7.34. The molecular formula is C22H16N4O2S. The zero-order valence-electron chi connectivity index (χ0n) is 15.7. The topological polar surface area (TPSA) is 94.9 Å². The number of aryl methyl sites for hydroxylation is 2. The summed E-state index contributed by atoms with van der Waals surface area (Å²) in [6, 6.07) is 13.2. The van der Waals surface area contributed by atoms with Gasteiger partial charge in [0.2, 0.25) is 0 Å². The zero-order chi connectivity index (χ0) is 20.5. The molecule has 0 atom stereocenters. The molecule has 6 nitrogen and oxygen atoms in total. The van der Waals surface area contributed by atoms with Crippen LogP contribution in [-0.4, -0.2) is 16.8 Å². The van der Waals surface area contributed by atoms with Crippen LogP contribution in [0.4, 0.5) is 5.69 Å². The first-order valence-corrected chi connectivity index (χ1v) is 9.74. The normalized spacial score (nSPS) is 13.1. The average molecular weight is 400 g/mol. The molecule has 1 aliphatic heterocycles. The minimum atomic E-state index is -0.420. The quantitative estimate of drug-likeness (QED) is 0.503. The lowest BCUT2D eigenvalue weighted by atomic mass is 10.0. The summed E-state index contributed by atoms with van der Waals surface area (Å²) in [4.78, 5) is 28.0. The molecule has 29 heavy (non-hydrogen) atoms. The van der Waals surface area contributed by atoms with E-state index < -0.39 is 11.8 Å². The monoisotopic (exact) mass is 400 g/mol. The van der Waals surface area contributed by atoms with Crippen LogP contribution in [0.3, 0.4) is 0 Å². The number of hydrogen-bond donors (Lipinski definition) is 2. The van der Waals surface area contributed by atoms with Crippen molar-refractivity contribution < 1.29 is 9.59 Å². The Morgan fingerprint density at radius 1 is 1.10 bits per heavy atom. The summed E-state index contributed by atoms with van der Waals surface area (Å²) in [5, 5.41) is 17.4. The smallest absolute Gasteiger partial charge is 0.259 e. The van der Waals surface area contributed by atoms with Gasteiger partial charge in [-0.25, -0.2) is 4.98 Å². The van der Waals surface area contributed by atoms with E-state index in [-0.39, 0.29) is 0 Å². The number of amides is 2. The summed E-state index contributed by atoms with van der Waals surface area (Å²) in [6.07, 6.45) is 1.56. The molecule has 0 radical (unpaired) electrons. The lowest BCUT2D eigenvalue weighted by Gasteiger charge is -2.04. The second-order valence-electron chi connectivity index (χ2n) is 6.71. The fraction of sp³-hybridized carbons (Fsp3) is 0.0909. The lowest BCUT2D eigenvalue weighted by molar-refractivity contribution is 0.0879. The van der Waals surface area contributed by atoms with Gasteiger partial charge in [-0.2, -0.15) is 5.26 Å². The molecule has 0 saturated carbocycles. The Kier molecular flexibility index (Phi) is 4.71. The second-order valence-corrected chi connectivity index (χ2v) is 7.57. The van der Waals surface area contributed by atoms with Crippen molar-refractivity contribution in [3.8, 4) is 17.3 Å².